The van der Waals surface area contributed by atoms with Crippen molar-refractivity contribution < 1.29 is 4.74 Å². The van der Waals surface area contributed by atoms with Gasteiger partial charge in [0.05, 0.1) is 13.2 Å². The molecule has 2 aliphatic heterocycles. The molecule has 0 spiro atoms. The predicted octanol–water partition coefficient (Wildman–Crippen LogP) is 3.60. The highest BCUT2D eigenvalue weighted by Crippen LogP contribution is 2.24. The number of benzene rings is 1. The van der Waals surface area contributed by atoms with E-state index in [0.717, 1.165) is 32.2 Å². The highest BCUT2D eigenvalue weighted by molar-refractivity contribution is 9.10. The zero-order valence-electron chi connectivity index (χ0n) is 14.2. The van der Waals surface area contributed by atoms with E-state index >= 15 is 0 Å². The molecule has 0 bridgehead atoms. The quantitative estimate of drug-likeness (QED) is 0.775. The van der Waals surface area contributed by atoms with Gasteiger partial charge < -0.3 is 9.64 Å². The number of hydrogen-bond acceptors (Lipinski definition) is 3. The van der Waals surface area contributed by atoms with Gasteiger partial charge in [-0.15, -0.1) is 0 Å². The molecule has 2 saturated heterocycles. The number of ether oxygens (including phenoxy) is 1. The number of halogens is 1. The Balaban J connectivity index is 1.42. The van der Waals surface area contributed by atoms with Gasteiger partial charge in [0, 0.05) is 30.7 Å². The predicted molar refractivity (Wildman–Crippen MR) is 99.0 cm³/mol. The van der Waals surface area contributed by atoms with Crippen molar-refractivity contribution in [3.05, 3.63) is 34.3 Å². The van der Waals surface area contributed by atoms with Crippen LogP contribution in [0.3, 0.4) is 0 Å². The van der Waals surface area contributed by atoms with Gasteiger partial charge in [0.1, 0.15) is 0 Å². The number of piperidine rings is 1. The molecule has 23 heavy (non-hydrogen) atoms. The first-order chi connectivity index (χ1) is 11.2. The molecule has 2 fully saturated rings. The molecule has 0 amide bonds. The Morgan fingerprint density at radius 3 is 2.57 bits per heavy atom. The van der Waals surface area contributed by atoms with Crippen LogP contribution < -0.4 is 0 Å². The van der Waals surface area contributed by atoms with Crippen LogP contribution in [0.4, 0.5) is 0 Å². The van der Waals surface area contributed by atoms with Crippen LogP contribution in [-0.2, 0) is 4.74 Å². The smallest absolute Gasteiger partial charge is 0.0594 e. The zero-order chi connectivity index (χ0) is 16.1. The van der Waals surface area contributed by atoms with Gasteiger partial charge in [0.2, 0.25) is 0 Å². The molecule has 1 atom stereocenters. The maximum Gasteiger partial charge on any atom is 0.0594 e. The number of morpholine rings is 1. The average molecular weight is 381 g/mol. The Morgan fingerprint density at radius 1 is 1.13 bits per heavy atom. The number of likely N-dealkylation sites (tertiary alicyclic amines) is 1. The van der Waals surface area contributed by atoms with Gasteiger partial charge in [-0.2, -0.15) is 0 Å². The van der Waals surface area contributed by atoms with Crippen LogP contribution in [0.15, 0.2) is 28.7 Å². The lowest BCUT2D eigenvalue weighted by molar-refractivity contribution is 0.0243. The van der Waals surface area contributed by atoms with Crippen LogP contribution in [0.2, 0.25) is 0 Å². The zero-order valence-corrected chi connectivity index (χ0v) is 15.8. The van der Waals surface area contributed by atoms with Crippen LogP contribution in [0.25, 0.3) is 0 Å². The van der Waals surface area contributed by atoms with Crippen LogP contribution in [0.5, 0.6) is 0 Å². The van der Waals surface area contributed by atoms with Gasteiger partial charge in [0.15, 0.2) is 0 Å². The van der Waals surface area contributed by atoms with Crippen molar-refractivity contribution in [3.8, 4) is 0 Å². The summed E-state index contributed by atoms with van der Waals surface area (Å²) in [6, 6.07) is 8.76. The number of nitrogens with zero attached hydrogens (tertiary/aromatic N) is 2. The summed E-state index contributed by atoms with van der Waals surface area (Å²) >= 11 is 3.58. The Kier molecular flexibility index (Phi) is 6.52. The molecule has 0 aliphatic carbocycles. The fourth-order valence-corrected chi connectivity index (χ4v) is 4.22. The summed E-state index contributed by atoms with van der Waals surface area (Å²) in [5.74, 6) is 1.48. The van der Waals surface area contributed by atoms with Crippen LogP contribution >= 0.6 is 15.9 Å². The Hall–Kier alpha value is -0.420. The van der Waals surface area contributed by atoms with Gasteiger partial charge in [0.25, 0.3) is 0 Å². The molecule has 3 rings (SSSR count). The van der Waals surface area contributed by atoms with Crippen LogP contribution in [0, 0.1) is 5.92 Å². The Labute approximate surface area is 149 Å². The molecular formula is C19H29BrN2O. The molecule has 4 heteroatoms. The lowest BCUT2D eigenvalue weighted by Crippen LogP contribution is -2.43. The summed E-state index contributed by atoms with van der Waals surface area (Å²) in [5.41, 5.74) is 1.44. The van der Waals surface area contributed by atoms with Crippen molar-refractivity contribution in [1.29, 1.82) is 0 Å². The average Bonchev–Trinajstić information content (AvgIpc) is 2.57. The second kappa shape index (κ2) is 8.61. The van der Waals surface area contributed by atoms with Gasteiger partial charge in [-0.05, 0) is 55.5 Å². The topological polar surface area (TPSA) is 15.7 Å². The van der Waals surface area contributed by atoms with E-state index in [4.69, 9.17) is 4.74 Å². The van der Waals surface area contributed by atoms with Crippen molar-refractivity contribution in [3.63, 3.8) is 0 Å². The summed E-state index contributed by atoms with van der Waals surface area (Å²) in [6.07, 6.45) is 2.70. The summed E-state index contributed by atoms with van der Waals surface area (Å²) in [4.78, 5) is 5.25. The number of rotatable bonds is 5. The van der Waals surface area contributed by atoms with Gasteiger partial charge in [-0.25, -0.2) is 0 Å². The molecule has 1 aromatic rings. The fourth-order valence-electron chi connectivity index (χ4n) is 3.81. The molecule has 0 N–H and O–H groups in total. The molecule has 0 saturated carbocycles. The third-order valence-electron chi connectivity index (χ3n) is 5.28. The third-order valence-corrected chi connectivity index (χ3v) is 5.77. The summed E-state index contributed by atoms with van der Waals surface area (Å²) in [5, 5.41) is 0. The summed E-state index contributed by atoms with van der Waals surface area (Å²) in [6.45, 7) is 11.4. The molecule has 0 radical (unpaired) electrons. The molecule has 1 unspecified atom stereocenters. The normalized spacial score (nSPS) is 23.0. The largest absolute Gasteiger partial charge is 0.379 e. The second-order valence-electron chi connectivity index (χ2n) is 7.11. The molecule has 1 aromatic carbocycles. The molecule has 128 valence electrons. The number of hydrogen-bond donors (Lipinski definition) is 0. The standard InChI is InChI=1S/C19H29BrN2O/c1-16(18-3-2-4-19(20)13-18)14-21-7-5-17(6-8-21)15-22-9-11-23-12-10-22/h2-4,13,16-17H,5-12,14-15H2,1H3. The van der Waals surface area contributed by atoms with Crippen molar-refractivity contribution in [1.82, 2.24) is 9.80 Å². The van der Waals surface area contributed by atoms with E-state index in [1.165, 1.54) is 49.1 Å². The van der Waals surface area contributed by atoms with E-state index in [9.17, 15) is 0 Å². The minimum atomic E-state index is 0.600. The Bertz CT molecular complexity index is 482. The highest BCUT2D eigenvalue weighted by Gasteiger charge is 2.23. The lowest BCUT2D eigenvalue weighted by Gasteiger charge is -2.37. The monoisotopic (exact) mass is 380 g/mol. The molecule has 3 nitrogen and oxygen atoms in total. The van der Waals surface area contributed by atoms with Gasteiger partial charge >= 0.3 is 0 Å². The first-order valence-electron chi connectivity index (χ1n) is 8.98. The maximum absolute atomic E-state index is 5.45. The van der Waals surface area contributed by atoms with Crippen molar-refractivity contribution in [2.24, 2.45) is 5.92 Å². The van der Waals surface area contributed by atoms with Crippen LogP contribution in [-0.4, -0.2) is 62.3 Å². The SMILES string of the molecule is CC(CN1CCC(CN2CCOCC2)CC1)c1cccc(Br)c1. The van der Waals surface area contributed by atoms with Gasteiger partial charge in [-0.3, -0.25) is 4.90 Å². The van der Waals surface area contributed by atoms with Gasteiger partial charge in [-0.1, -0.05) is 35.0 Å². The van der Waals surface area contributed by atoms with E-state index < -0.39 is 0 Å². The fraction of sp³-hybridized carbons (Fsp3) is 0.684. The lowest BCUT2D eigenvalue weighted by atomic mass is 9.94. The first-order valence-corrected chi connectivity index (χ1v) is 9.78. The van der Waals surface area contributed by atoms with E-state index in [0.29, 0.717) is 5.92 Å². The Morgan fingerprint density at radius 2 is 1.87 bits per heavy atom. The third kappa shape index (κ3) is 5.28. The minimum Gasteiger partial charge on any atom is -0.379 e. The maximum atomic E-state index is 5.45. The van der Waals surface area contributed by atoms with E-state index in [-0.39, 0.29) is 0 Å². The van der Waals surface area contributed by atoms with Crippen LogP contribution in [0.1, 0.15) is 31.2 Å². The van der Waals surface area contributed by atoms with Crippen molar-refractivity contribution in [2.75, 3.05) is 52.5 Å². The highest BCUT2D eigenvalue weighted by atomic mass is 79.9. The van der Waals surface area contributed by atoms with E-state index in [1.807, 2.05) is 0 Å². The van der Waals surface area contributed by atoms with Crippen molar-refractivity contribution in [2.45, 2.75) is 25.7 Å². The second-order valence-corrected chi connectivity index (χ2v) is 8.03. The minimum absolute atomic E-state index is 0.600. The summed E-state index contributed by atoms with van der Waals surface area (Å²) < 4.78 is 6.63. The molecule has 2 heterocycles. The van der Waals surface area contributed by atoms with E-state index in [2.05, 4.69) is 56.9 Å². The van der Waals surface area contributed by atoms with Crippen molar-refractivity contribution >= 4 is 15.9 Å². The molecule has 2 aliphatic rings. The summed E-state index contributed by atoms with van der Waals surface area (Å²) in [7, 11) is 0. The van der Waals surface area contributed by atoms with E-state index in [1.54, 1.807) is 0 Å². The first kappa shape index (κ1) is 17.4. The molecular weight excluding hydrogens is 352 g/mol. The molecule has 0 aromatic heterocycles.